The molecule has 16 heavy (non-hydrogen) atoms. The molecule has 0 atom stereocenters. The Labute approximate surface area is 100 Å². The number of nitrogen functional groups attached to an aromatic ring is 1. The summed E-state index contributed by atoms with van der Waals surface area (Å²) in [6.07, 6.45) is 0. The van der Waals surface area contributed by atoms with E-state index < -0.39 is 5.97 Å². The Morgan fingerprint density at radius 1 is 1.44 bits per heavy atom. The van der Waals surface area contributed by atoms with Crippen LogP contribution in [-0.2, 0) is 0 Å². The number of carboxylic acids is 1. The minimum Gasteiger partial charge on any atom is -0.477 e. The van der Waals surface area contributed by atoms with Crippen molar-refractivity contribution in [2.45, 2.75) is 13.8 Å². The molecule has 2 rings (SSSR count). The van der Waals surface area contributed by atoms with Gasteiger partial charge in [-0.3, -0.25) is 0 Å². The first kappa shape index (κ1) is 11.1. The van der Waals surface area contributed by atoms with Gasteiger partial charge in [-0.05, 0) is 19.9 Å². The number of nitrogens with zero attached hydrogens (tertiary/aromatic N) is 1. The second kappa shape index (κ2) is 3.88. The van der Waals surface area contributed by atoms with Crippen LogP contribution < -0.4 is 5.73 Å². The van der Waals surface area contributed by atoms with Crippen LogP contribution in [0.5, 0.6) is 0 Å². The predicted molar refractivity (Wildman–Crippen MR) is 66.3 cm³/mol. The van der Waals surface area contributed by atoms with E-state index >= 15 is 0 Å². The fourth-order valence-electron chi connectivity index (χ4n) is 1.44. The van der Waals surface area contributed by atoms with Crippen molar-refractivity contribution in [2.75, 3.05) is 5.73 Å². The van der Waals surface area contributed by atoms with E-state index in [4.69, 9.17) is 10.8 Å². The van der Waals surface area contributed by atoms with Crippen molar-refractivity contribution in [2.24, 2.45) is 0 Å². The van der Waals surface area contributed by atoms with Crippen LogP contribution in [0, 0.1) is 13.8 Å². The van der Waals surface area contributed by atoms with E-state index in [9.17, 15) is 4.79 Å². The smallest absolute Gasteiger partial charge is 0.348 e. The lowest BCUT2D eigenvalue weighted by Gasteiger charge is -1.90. The number of anilines is 1. The maximum Gasteiger partial charge on any atom is 0.348 e. The summed E-state index contributed by atoms with van der Waals surface area (Å²) in [5.41, 5.74) is 6.89. The standard InChI is InChI=1S/C10H10N2O2S2/c1-4-8(15-5(2)12-4)7-3-6(11)9(16-7)10(13)14/h3H,11H2,1-2H3,(H,13,14). The molecule has 0 aliphatic heterocycles. The quantitative estimate of drug-likeness (QED) is 0.864. The number of thiazole rings is 1. The summed E-state index contributed by atoms with van der Waals surface area (Å²) in [5.74, 6) is -0.979. The van der Waals surface area contributed by atoms with E-state index in [1.165, 1.54) is 11.3 Å². The number of carbonyl (C=O) groups is 1. The molecule has 2 aromatic rings. The number of rotatable bonds is 2. The third-order valence-electron chi connectivity index (χ3n) is 2.08. The average molecular weight is 254 g/mol. The fraction of sp³-hybridized carbons (Fsp3) is 0.200. The van der Waals surface area contributed by atoms with Crippen LogP contribution in [0.3, 0.4) is 0 Å². The highest BCUT2D eigenvalue weighted by atomic mass is 32.1. The summed E-state index contributed by atoms with van der Waals surface area (Å²) >= 11 is 2.75. The molecule has 0 spiro atoms. The Morgan fingerprint density at radius 3 is 2.56 bits per heavy atom. The number of hydrogen-bond donors (Lipinski definition) is 2. The Bertz CT molecular complexity index is 557. The van der Waals surface area contributed by atoms with E-state index in [0.717, 1.165) is 20.5 Å². The van der Waals surface area contributed by atoms with Crippen molar-refractivity contribution in [1.29, 1.82) is 0 Å². The normalized spacial score (nSPS) is 10.6. The van der Waals surface area contributed by atoms with Gasteiger partial charge in [0.1, 0.15) is 4.88 Å². The fourth-order valence-corrected chi connectivity index (χ4v) is 3.44. The molecule has 4 nitrogen and oxygen atoms in total. The second-order valence-corrected chi connectivity index (χ2v) is 5.60. The molecule has 0 aromatic carbocycles. The Kier molecular flexibility index (Phi) is 2.69. The van der Waals surface area contributed by atoms with Crippen molar-refractivity contribution >= 4 is 34.3 Å². The van der Waals surface area contributed by atoms with E-state index in [1.807, 2.05) is 13.8 Å². The van der Waals surface area contributed by atoms with Crippen molar-refractivity contribution in [3.05, 3.63) is 21.6 Å². The molecule has 3 N–H and O–H groups in total. The molecule has 0 aliphatic rings. The van der Waals surface area contributed by atoms with E-state index in [1.54, 1.807) is 17.4 Å². The number of hydrogen-bond acceptors (Lipinski definition) is 5. The maximum atomic E-state index is 10.9. The first-order valence-corrected chi connectivity index (χ1v) is 6.19. The molecule has 0 bridgehead atoms. The van der Waals surface area contributed by atoms with Crippen molar-refractivity contribution in [3.63, 3.8) is 0 Å². The largest absolute Gasteiger partial charge is 0.477 e. The van der Waals surface area contributed by atoms with Gasteiger partial charge in [0.2, 0.25) is 0 Å². The molecule has 6 heteroatoms. The van der Waals surface area contributed by atoms with Gasteiger partial charge in [-0.15, -0.1) is 22.7 Å². The average Bonchev–Trinajstić information content (AvgIpc) is 2.69. The topological polar surface area (TPSA) is 76.2 Å². The lowest BCUT2D eigenvalue weighted by atomic mass is 10.3. The number of aromatic carboxylic acids is 1. The number of nitrogens with two attached hydrogens (primary N) is 1. The molecule has 0 aliphatic carbocycles. The van der Waals surface area contributed by atoms with Gasteiger partial charge in [0.05, 0.1) is 21.3 Å². The van der Waals surface area contributed by atoms with Gasteiger partial charge < -0.3 is 10.8 Å². The first-order chi connectivity index (χ1) is 7.49. The Hall–Kier alpha value is -1.40. The maximum absolute atomic E-state index is 10.9. The summed E-state index contributed by atoms with van der Waals surface area (Å²) in [6, 6.07) is 1.70. The summed E-state index contributed by atoms with van der Waals surface area (Å²) in [5, 5.41) is 9.89. The zero-order valence-corrected chi connectivity index (χ0v) is 10.4. The number of carboxylic acid groups (broad SMARTS) is 1. The van der Waals surface area contributed by atoms with Crippen LogP contribution in [0.2, 0.25) is 0 Å². The van der Waals surface area contributed by atoms with Crippen LogP contribution >= 0.6 is 22.7 Å². The minimum absolute atomic E-state index is 0.195. The molecule has 2 aromatic heterocycles. The zero-order valence-electron chi connectivity index (χ0n) is 8.77. The van der Waals surface area contributed by atoms with E-state index in [2.05, 4.69) is 4.98 Å². The predicted octanol–water partition coefficient (Wildman–Crippen LogP) is 2.77. The van der Waals surface area contributed by atoms with Gasteiger partial charge in [-0.25, -0.2) is 9.78 Å². The molecule has 0 saturated carbocycles. The summed E-state index contributed by atoms with van der Waals surface area (Å²) < 4.78 is 0. The first-order valence-electron chi connectivity index (χ1n) is 4.56. The molecule has 84 valence electrons. The molecule has 2 heterocycles. The number of thiophene rings is 1. The lowest BCUT2D eigenvalue weighted by Crippen LogP contribution is -1.96. The van der Waals surface area contributed by atoms with Gasteiger partial charge in [0.25, 0.3) is 0 Å². The van der Waals surface area contributed by atoms with Gasteiger partial charge in [-0.2, -0.15) is 0 Å². The van der Waals surface area contributed by atoms with Crippen LogP contribution in [-0.4, -0.2) is 16.1 Å². The van der Waals surface area contributed by atoms with Crippen LogP contribution in [0.4, 0.5) is 5.69 Å². The third kappa shape index (κ3) is 1.81. The highest BCUT2D eigenvalue weighted by Gasteiger charge is 2.16. The number of aromatic nitrogens is 1. The summed E-state index contributed by atoms with van der Waals surface area (Å²) in [7, 11) is 0. The molecule has 0 amide bonds. The lowest BCUT2D eigenvalue weighted by molar-refractivity contribution is 0.0703. The summed E-state index contributed by atoms with van der Waals surface area (Å²) in [6.45, 7) is 3.84. The van der Waals surface area contributed by atoms with Crippen LogP contribution in [0.15, 0.2) is 6.07 Å². The van der Waals surface area contributed by atoms with Crippen LogP contribution in [0.1, 0.15) is 20.4 Å². The van der Waals surface area contributed by atoms with Crippen molar-refractivity contribution in [1.82, 2.24) is 4.98 Å². The Balaban J connectivity index is 2.53. The van der Waals surface area contributed by atoms with Gasteiger partial charge in [0.15, 0.2) is 0 Å². The Morgan fingerprint density at radius 2 is 2.12 bits per heavy atom. The third-order valence-corrected chi connectivity index (χ3v) is 4.47. The molecule has 0 radical (unpaired) electrons. The van der Waals surface area contributed by atoms with Crippen molar-refractivity contribution in [3.8, 4) is 9.75 Å². The molecule has 0 unspecified atom stereocenters. The monoisotopic (exact) mass is 254 g/mol. The highest BCUT2D eigenvalue weighted by molar-refractivity contribution is 7.23. The second-order valence-electron chi connectivity index (χ2n) is 3.35. The summed E-state index contributed by atoms with van der Waals surface area (Å²) in [4.78, 5) is 17.3. The van der Waals surface area contributed by atoms with E-state index in [0.29, 0.717) is 5.69 Å². The zero-order chi connectivity index (χ0) is 11.9. The van der Waals surface area contributed by atoms with Gasteiger partial charge >= 0.3 is 5.97 Å². The SMILES string of the molecule is Cc1nc(C)c(-c2cc(N)c(C(=O)O)s2)s1. The molecule has 0 fully saturated rings. The van der Waals surface area contributed by atoms with Crippen molar-refractivity contribution < 1.29 is 9.90 Å². The minimum atomic E-state index is -0.979. The molecule has 0 saturated heterocycles. The van der Waals surface area contributed by atoms with Crippen LogP contribution in [0.25, 0.3) is 9.75 Å². The number of aryl methyl sites for hydroxylation is 2. The highest BCUT2D eigenvalue weighted by Crippen LogP contribution is 2.37. The van der Waals surface area contributed by atoms with E-state index in [-0.39, 0.29) is 4.88 Å². The molecular weight excluding hydrogens is 244 g/mol. The van der Waals surface area contributed by atoms with Gasteiger partial charge in [-0.1, -0.05) is 0 Å². The molecular formula is C10H10N2O2S2. The van der Waals surface area contributed by atoms with Gasteiger partial charge in [0, 0.05) is 4.88 Å².